The number of aromatic nitrogens is 1. The normalized spacial score (nSPS) is 16.1. The maximum absolute atomic E-state index is 6.23. The van der Waals surface area contributed by atoms with E-state index >= 15 is 0 Å². The SMILES string of the molecule is Cc1ccc2[nH]c3c(c2c1)CCNC3c1ccccc1OCc1ccccc1. The van der Waals surface area contributed by atoms with E-state index < -0.39 is 0 Å². The first-order chi connectivity index (χ1) is 13.8. The lowest BCUT2D eigenvalue weighted by Crippen LogP contribution is -2.30. The van der Waals surface area contributed by atoms with Crippen LogP contribution in [0.4, 0.5) is 0 Å². The standard InChI is InChI=1S/C25H24N2O/c1-17-11-12-22-21(15-17)19-13-14-26-24(25(19)27-22)20-9-5-6-10-23(20)28-16-18-7-3-2-4-8-18/h2-12,15,24,26-27H,13-14,16H2,1H3. The number of rotatable bonds is 4. The fourth-order valence-corrected chi connectivity index (χ4v) is 4.19. The lowest BCUT2D eigenvalue weighted by atomic mass is 9.93. The van der Waals surface area contributed by atoms with Crippen molar-refractivity contribution in [3.05, 3.63) is 101 Å². The molecule has 0 saturated carbocycles. The third-order valence-electron chi connectivity index (χ3n) is 5.57. The van der Waals surface area contributed by atoms with E-state index in [4.69, 9.17) is 4.74 Å². The molecule has 3 aromatic carbocycles. The van der Waals surface area contributed by atoms with Gasteiger partial charge in [-0.3, -0.25) is 0 Å². The van der Waals surface area contributed by atoms with Gasteiger partial charge in [0.1, 0.15) is 12.4 Å². The first-order valence-electron chi connectivity index (χ1n) is 9.90. The van der Waals surface area contributed by atoms with Gasteiger partial charge in [-0.25, -0.2) is 0 Å². The number of para-hydroxylation sites is 1. The second kappa shape index (κ2) is 7.17. The molecule has 28 heavy (non-hydrogen) atoms. The van der Waals surface area contributed by atoms with Crippen LogP contribution in [0.3, 0.4) is 0 Å². The Morgan fingerprint density at radius 2 is 1.79 bits per heavy atom. The minimum atomic E-state index is 0.114. The second-order valence-corrected chi connectivity index (χ2v) is 7.52. The third kappa shape index (κ3) is 3.08. The summed E-state index contributed by atoms with van der Waals surface area (Å²) in [5.41, 5.74) is 7.57. The largest absolute Gasteiger partial charge is 0.489 e. The average molecular weight is 368 g/mol. The van der Waals surface area contributed by atoms with Crippen LogP contribution in [0.5, 0.6) is 5.75 Å². The molecular formula is C25H24N2O. The molecule has 0 radical (unpaired) electrons. The number of nitrogens with one attached hydrogen (secondary N) is 2. The monoisotopic (exact) mass is 368 g/mol. The predicted octanol–water partition coefficient (Wildman–Crippen LogP) is 5.29. The molecule has 0 saturated heterocycles. The van der Waals surface area contributed by atoms with E-state index in [2.05, 4.69) is 65.8 Å². The lowest BCUT2D eigenvalue weighted by Gasteiger charge is -2.26. The van der Waals surface area contributed by atoms with E-state index in [-0.39, 0.29) is 6.04 Å². The van der Waals surface area contributed by atoms with Crippen molar-refractivity contribution in [2.24, 2.45) is 0 Å². The first-order valence-corrected chi connectivity index (χ1v) is 9.90. The molecule has 1 aliphatic rings. The third-order valence-corrected chi connectivity index (χ3v) is 5.57. The lowest BCUT2D eigenvalue weighted by molar-refractivity contribution is 0.300. The van der Waals surface area contributed by atoms with Crippen LogP contribution in [-0.4, -0.2) is 11.5 Å². The number of aromatic amines is 1. The van der Waals surface area contributed by atoms with Crippen molar-refractivity contribution in [1.29, 1.82) is 0 Å². The number of benzene rings is 3. The van der Waals surface area contributed by atoms with Gasteiger partial charge in [0, 0.05) is 28.7 Å². The van der Waals surface area contributed by atoms with Crippen LogP contribution < -0.4 is 10.1 Å². The Balaban J connectivity index is 1.52. The van der Waals surface area contributed by atoms with E-state index in [1.54, 1.807) is 0 Å². The highest BCUT2D eigenvalue weighted by molar-refractivity contribution is 5.86. The van der Waals surface area contributed by atoms with Gasteiger partial charge < -0.3 is 15.0 Å². The van der Waals surface area contributed by atoms with Crippen LogP contribution in [0.2, 0.25) is 0 Å². The van der Waals surface area contributed by atoms with Crippen molar-refractivity contribution in [3.8, 4) is 5.75 Å². The molecule has 0 amide bonds. The van der Waals surface area contributed by atoms with E-state index in [0.717, 1.165) is 18.7 Å². The van der Waals surface area contributed by atoms with Gasteiger partial charge in [-0.1, -0.05) is 60.2 Å². The number of fused-ring (bicyclic) bond motifs is 3. The molecule has 1 atom stereocenters. The molecule has 5 rings (SSSR count). The Hall–Kier alpha value is -3.04. The van der Waals surface area contributed by atoms with Crippen LogP contribution in [0, 0.1) is 6.92 Å². The fraction of sp³-hybridized carbons (Fsp3) is 0.200. The molecule has 1 aromatic heterocycles. The van der Waals surface area contributed by atoms with Gasteiger partial charge in [0.2, 0.25) is 0 Å². The zero-order valence-electron chi connectivity index (χ0n) is 16.0. The summed E-state index contributed by atoms with van der Waals surface area (Å²) in [6.07, 6.45) is 1.04. The van der Waals surface area contributed by atoms with Gasteiger partial charge in [-0.05, 0) is 42.7 Å². The summed E-state index contributed by atoms with van der Waals surface area (Å²) >= 11 is 0. The topological polar surface area (TPSA) is 37.0 Å². The zero-order chi connectivity index (χ0) is 18.9. The molecular weight excluding hydrogens is 344 g/mol. The zero-order valence-corrected chi connectivity index (χ0v) is 16.0. The molecule has 0 aliphatic carbocycles. The van der Waals surface area contributed by atoms with Gasteiger partial charge in [-0.2, -0.15) is 0 Å². The molecule has 1 unspecified atom stereocenters. The van der Waals surface area contributed by atoms with E-state index in [0.29, 0.717) is 6.61 Å². The number of H-pyrrole nitrogens is 1. The Labute approximate surface area is 165 Å². The Kier molecular flexibility index (Phi) is 4.38. The van der Waals surface area contributed by atoms with E-state index in [1.807, 2.05) is 24.3 Å². The predicted molar refractivity (Wildman–Crippen MR) is 114 cm³/mol. The second-order valence-electron chi connectivity index (χ2n) is 7.52. The molecule has 3 nitrogen and oxygen atoms in total. The van der Waals surface area contributed by atoms with E-state index in [1.165, 1.54) is 38.9 Å². The van der Waals surface area contributed by atoms with Crippen molar-refractivity contribution in [2.45, 2.75) is 26.0 Å². The Bertz CT molecular complexity index is 1110. The molecule has 4 aromatic rings. The number of ether oxygens (including phenoxy) is 1. The highest BCUT2D eigenvalue weighted by Crippen LogP contribution is 2.37. The quantitative estimate of drug-likeness (QED) is 0.513. The van der Waals surface area contributed by atoms with Gasteiger partial charge in [0.25, 0.3) is 0 Å². The number of hydrogen-bond acceptors (Lipinski definition) is 2. The van der Waals surface area contributed by atoms with Crippen LogP contribution in [0.15, 0.2) is 72.8 Å². The van der Waals surface area contributed by atoms with E-state index in [9.17, 15) is 0 Å². The number of aryl methyl sites for hydroxylation is 1. The molecule has 2 N–H and O–H groups in total. The fourth-order valence-electron chi connectivity index (χ4n) is 4.19. The van der Waals surface area contributed by atoms with Gasteiger partial charge >= 0.3 is 0 Å². The molecule has 140 valence electrons. The van der Waals surface area contributed by atoms with Crippen molar-refractivity contribution >= 4 is 10.9 Å². The summed E-state index contributed by atoms with van der Waals surface area (Å²) in [5, 5.41) is 5.05. The minimum absolute atomic E-state index is 0.114. The molecule has 0 spiro atoms. The molecule has 0 bridgehead atoms. The Morgan fingerprint density at radius 1 is 0.964 bits per heavy atom. The summed E-state index contributed by atoms with van der Waals surface area (Å²) in [7, 11) is 0. The highest BCUT2D eigenvalue weighted by Gasteiger charge is 2.27. The van der Waals surface area contributed by atoms with Crippen molar-refractivity contribution in [3.63, 3.8) is 0 Å². The van der Waals surface area contributed by atoms with Crippen LogP contribution in [0.1, 0.15) is 34.0 Å². The Morgan fingerprint density at radius 3 is 2.68 bits per heavy atom. The minimum Gasteiger partial charge on any atom is -0.489 e. The number of hydrogen-bond donors (Lipinski definition) is 2. The molecule has 1 aliphatic heterocycles. The highest BCUT2D eigenvalue weighted by atomic mass is 16.5. The smallest absolute Gasteiger partial charge is 0.124 e. The van der Waals surface area contributed by atoms with Crippen molar-refractivity contribution in [1.82, 2.24) is 10.3 Å². The summed E-state index contributed by atoms with van der Waals surface area (Å²) < 4.78 is 6.23. The van der Waals surface area contributed by atoms with Crippen molar-refractivity contribution in [2.75, 3.05) is 6.54 Å². The van der Waals surface area contributed by atoms with Gasteiger partial charge in [0.05, 0.1) is 6.04 Å². The summed E-state index contributed by atoms with van der Waals surface area (Å²) in [6.45, 7) is 3.69. The summed E-state index contributed by atoms with van der Waals surface area (Å²) in [6, 6.07) is 25.5. The summed E-state index contributed by atoms with van der Waals surface area (Å²) in [4.78, 5) is 3.67. The molecule has 0 fully saturated rings. The van der Waals surface area contributed by atoms with Gasteiger partial charge in [0.15, 0.2) is 0 Å². The maximum Gasteiger partial charge on any atom is 0.124 e. The van der Waals surface area contributed by atoms with Crippen LogP contribution in [0.25, 0.3) is 10.9 Å². The first kappa shape index (κ1) is 17.1. The van der Waals surface area contributed by atoms with Gasteiger partial charge in [-0.15, -0.1) is 0 Å². The average Bonchev–Trinajstić information content (AvgIpc) is 3.11. The summed E-state index contributed by atoms with van der Waals surface area (Å²) in [5.74, 6) is 0.937. The van der Waals surface area contributed by atoms with Crippen LogP contribution >= 0.6 is 0 Å². The van der Waals surface area contributed by atoms with Crippen molar-refractivity contribution < 1.29 is 4.74 Å². The maximum atomic E-state index is 6.23. The van der Waals surface area contributed by atoms with Crippen LogP contribution in [-0.2, 0) is 13.0 Å². The molecule has 2 heterocycles. The molecule has 3 heteroatoms.